The summed E-state index contributed by atoms with van der Waals surface area (Å²) in [5.74, 6) is 0. The number of thioether (sulfide) groups is 1. The third-order valence-electron chi connectivity index (χ3n) is 2.19. The average molecular weight is 238 g/mol. The second kappa shape index (κ2) is 6.92. The maximum Gasteiger partial charge on any atom is 0.0991 e. The molecule has 3 heteroatoms. The summed E-state index contributed by atoms with van der Waals surface area (Å²) in [5, 5.41) is 5.15. The summed E-state index contributed by atoms with van der Waals surface area (Å²) in [6.45, 7) is 10.7. The molecule has 0 unspecified atom stereocenters. The first kappa shape index (κ1) is 13.5. The molecule has 0 aliphatic heterocycles. The Morgan fingerprint density at radius 1 is 1.44 bits per heavy atom. The number of aromatic nitrogens is 1. The third kappa shape index (κ3) is 4.54. The van der Waals surface area contributed by atoms with Crippen LogP contribution in [0.1, 0.15) is 38.3 Å². The minimum Gasteiger partial charge on any atom is -0.313 e. The molecule has 0 saturated heterocycles. The van der Waals surface area contributed by atoms with Crippen molar-refractivity contribution in [1.82, 2.24) is 10.3 Å². The van der Waals surface area contributed by atoms with Crippen molar-refractivity contribution in [3.05, 3.63) is 23.4 Å². The predicted molar refractivity (Wildman–Crippen MR) is 72.0 cm³/mol. The summed E-state index contributed by atoms with van der Waals surface area (Å²) in [4.78, 5) is 4.52. The van der Waals surface area contributed by atoms with Crippen LogP contribution in [0.2, 0.25) is 0 Å². The minimum atomic E-state index is 0.593. The Bertz CT molecular complexity index is 324. The molecule has 0 aromatic carbocycles. The van der Waals surface area contributed by atoms with Crippen LogP contribution >= 0.6 is 11.8 Å². The van der Waals surface area contributed by atoms with Gasteiger partial charge in [0.15, 0.2) is 0 Å². The molecule has 90 valence electrons. The van der Waals surface area contributed by atoms with E-state index in [1.54, 1.807) is 0 Å². The molecule has 1 aromatic rings. The van der Waals surface area contributed by atoms with E-state index in [0.29, 0.717) is 5.25 Å². The maximum atomic E-state index is 4.52. The van der Waals surface area contributed by atoms with Crippen LogP contribution in [0.5, 0.6) is 0 Å². The van der Waals surface area contributed by atoms with Crippen molar-refractivity contribution in [2.24, 2.45) is 0 Å². The van der Waals surface area contributed by atoms with Crippen LogP contribution in [-0.4, -0.2) is 16.8 Å². The Morgan fingerprint density at radius 2 is 2.19 bits per heavy atom. The fraction of sp³-hybridized carbons (Fsp3) is 0.615. The van der Waals surface area contributed by atoms with Crippen molar-refractivity contribution in [2.75, 3.05) is 6.54 Å². The molecule has 0 aliphatic carbocycles. The van der Waals surface area contributed by atoms with E-state index in [0.717, 1.165) is 18.1 Å². The Hall–Kier alpha value is -0.540. The molecule has 0 amide bonds. The van der Waals surface area contributed by atoms with E-state index in [9.17, 15) is 0 Å². The highest BCUT2D eigenvalue weighted by atomic mass is 32.2. The molecule has 0 spiro atoms. The van der Waals surface area contributed by atoms with Crippen LogP contribution in [0.3, 0.4) is 0 Å². The van der Waals surface area contributed by atoms with Gasteiger partial charge in [-0.3, -0.25) is 0 Å². The summed E-state index contributed by atoms with van der Waals surface area (Å²) in [6, 6.07) is 2.24. The lowest BCUT2D eigenvalue weighted by Crippen LogP contribution is -2.14. The molecule has 16 heavy (non-hydrogen) atoms. The Kier molecular flexibility index (Phi) is 5.85. The van der Waals surface area contributed by atoms with Crippen molar-refractivity contribution in [1.29, 1.82) is 0 Å². The van der Waals surface area contributed by atoms with Crippen LogP contribution in [-0.2, 0) is 6.54 Å². The SMILES string of the molecule is CCCNCc1cnc(SC(C)C)c(C)c1. The number of pyridine rings is 1. The Balaban J connectivity index is 2.60. The first-order chi connectivity index (χ1) is 7.63. The molecule has 2 nitrogen and oxygen atoms in total. The highest BCUT2D eigenvalue weighted by Crippen LogP contribution is 2.24. The zero-order chi connectivity index (χ0) is 12.0. The van der Waals surface area contributed by atoms with Crippen LogP contribution in [0, 0.1) is 6.92 Å². The number of nitrogens with one attached hydrogen (secondary N) is 1. The van der Waals surface area contributed by atoms with Gasteiger partial charge in [0, 0.05) is 18.0 Å². The smallest absolute Gasteiger partial charge is 0.0991 e. The number of aryl methyl sites for hydroxylation is 1. The van der Waals surface area contributed by atoms with Gasteiger partial charge in [0.1, 0.15) is 0 Å². The first-order valence-corrected chi connectivity index (χ1v) is 6.84. The van der Waals surface area contributed by atoms with E-state index in [1.807, 2.05) is 18.0 Å². The van der Waals surface area contributed by atoms with Gasteiger partial charge < -0.3 is 5.32 Å². The van der Waals surface area contributed by atoms with Gasteiger partial charge in [0.2, 0.25) is 0 Å². The van der Waals surface area contributed by atoms with E-state index < -0.39 is 0 Å². The standard InChI is InChI=1S/C13H22N2S/c1-5-6-14-8-12-7-11(4)13(15-9-12)16-10(2)3/h7,9-10,14H,5-6,8H2,1-4H3. The van der Waals surface area contributed by atoms with E-state index in [1.165, 1.54) is 17.5 Å². The molecule has 0 radical (unpaired) electrons. The summed E-state index contributed by atoms with van der Waals surface area (Å²) >= 11 is 1.83. The quantitative estimate of drug-likeness (QED) is 0.607. The van der Waals surface area contributed by atoms with Gasteiger partial charge in [-0.05, 0) is 31.0 Å². The van der Waals surface area contributed by atoms with Gasteiger partial charge in [0.05, 0.1) is 5.03 Å². The van der Waals surface area contributed by atoms with E-state index in [2.05, 4.69) is 44.1 Å². The van der Waals surface area contributed by atoms with Crippen LogP contribution in [0.25, 0.3) is 0 Å². The first-order valence-electron chi connectivity index (χ1n) is 5.96. The molecule has 1 aromatic heterocycles. The van der Waals surface area contributed by atoms with Crippen molar-refractivity contribution in [2.45, 2.75) is 50.9 Å². The maximum absolute atomic E-state index is 4.52. The largest absolute Gasteiger partial charge is 0.313 e. The lowest BCUT2D eigenvalue weighted by Gasteiger charge is -2.09. The second-order valence-corrected chi connectivity index (χ2v) is 5.87. The van der Waals surface area contributed by atoms with Gasteiger partial charge in [0.25, 0.3) is 0 Å². The molecular weight excluding hydrogens is 216 g/mol. The monoisotopic (exact) mass is 238 g/mol. The van der Waals surface area contributed by atoms with Crippen molar-refractivity contribution in [3.63, 3.8) is 0 Å². The summed E-state index contributed by atoms with van der Waals surface area (Å²) in [5.41, 5.74) is 2.56. The van der Waals surface area contributed by atoms with Gasteiger partial charge in [-0.25, -0.2) is 4.98 Å². The summed E-state index contributed by atoms with van der Waals surface area (Å²) < 4.78 is 0. The molecule has 0 aliphatic rings. The average Bonchev–Trinajstić information content (AvgIpc) is 2.22. The van der Waals surface area contributed by atoms with Crippen LogP contribution in [0.4, 0.5) is 0 Å². The number of nitrogens with zero attached hydrogens (tertiary/aromatic N) is 1. The van der Waals surface area contributed by atoms with Crippen LogP contribution in [0.15, 0.2) is 17.3 Å². The van der Waals surface area contributed by atoms with Gasteiger partial charge in [-0.15, -0.1) is 11.8 Å². The predicted octanol–water partition coefficient (Wildman–Crippen LogP) is 3.39. The van der Waals surface area contributed by atoms with Gasteiger partial charge >= 0.3 is 0 Å². The molecule has 1 rings (SSSR count). The molecule has 0 atom stereocenters. The lowest BCUT2D eigenvalue weighted by molar-refractivity contribution is 0.672. The molecule has 0 bridgehead atoms. The fourth-order valence-electron chi connectivity index (χ4n) is 1.47. The molecule has 0 fully saturated rings. The normalized spacial score (nSPS) is 11.1. The minimum absolute atomic E-state index is 0.593. The number of hydrogen-bond acceptors (Lipinski definition) is 3. The van der Waals surface area contributed by atoms with Gasteiger partial charge in [-0.2, -0.15) is 0 Å². The highest BCUT2D eigenvalue weighted by Gasteiger charge is 2.04. The topological polar surface area (TPSA) is 24.9 Å². The molecule has 1 heterocycles. The Labute approximate surface area is 103 Å². The summed E-state index contributed by atoms with van der Waals surface area (Å²) in [6.07, 6.45) is 3.16. The molecular formula is C13H22N2S. The van der Waals surface area contributed by atoms with Crippen molar-refractivity contribution < 1.29 is 0 Å². The summed E-state index contributed by atoms with van der Waals surface area (Å²) in [7, 11) is 0. The third-order valence-corrected chi connectivity index (χ3v) is 3.31. The number of hydrogen-bond donors (Lipinski definition) is 1. The van der Waals surface area contributed by atoms with E-state index >= 15 is 0 Å². The Morgan fingerprint density at radius 3 is 2.75 bits per heavy atom. The zero-order valence-corrected chi connectivity index (χ0v) is 11.5. The van der Waals surface area contributed by atoms with Crippen molar-refractivity contribution >= 4 is 11.8 Å². The highest BCUT2D eigenvalue weighted by molar-refractivity contribution is 7.99. The lowest BCUT2D eigenvalue weighted by atomic mass is 10.2. The van der Waals surface area contributed by atoms with Gasteiger partial charge in [-0.1, -0.05) is 26.8 Å². The zero-order valence-electron chi connectivity index (χ0n) is 10.7. The fourth-order valence-corrected chi connectivity index (χ4v) is 2.28. The van der Waals surface area contributed by atoms with Crippen LogP contribution < -0.4 is 5.32 Å². The second-order valence-electron chi connectivity index (χ2n) is 4.31. The molecule has 1 N–H and O–H groups in total. The van der Waals surface area contributed by atoms with E-state index in [4.69, 9.17) is 0 Å². The number of rotatable bonds is 6. The molecule has 0 saturated carbocycles. The van der Waals surface area contributed by atoms with Crippen molar-refractivity contribution in [3.8, 4) is 0 Å². The van der Waals surface area contributed by atoms with E-state index in [-0.39, 0.29) is 0 Å².